The summed E-state index contributed by atoms with van der Waals surface area (Å²) in [6.07, 6.45) is -4.38. The molecule has 0 saturated heterocycles. The molecule has 21 heavy (non-hydrogen) atoms. The molecule has 0 aromatic heterocycles. The van der Waals surface area contributed by atoms with E-state index < -0.39 is 17.3 Å². The summed E-state index contributed by atoms with van der Waals surface area (Å²) in [6, 6.07) is 12.3. The first kappa shape index (κ1) is 16.0. The lowest BCUT2D eigenvalue weighted by Gasteiger charge is -2.27. The molecule has 0 saturated carbocycles. The van der Waals surface area contributed by atoms with Gasteiger partial charge in [-0.2, -0.15) is 13.2 Å². The summed E-state index contributed by atoms with van der Waals surface area (Å²) in [4.78, 5) is 0. The highest BCUT2D eigenvalue weighted by atomic mass is 79.9. The molecule has 2 rings (SSSR count). The summed E-state index contributed by atoms with van der Waals surface area (Å²) < 4.78 is 40.0. The first-order chi connectivity index (χ1) is 9.70. The van der Waals surface area contributed by atoms with Gasteiger partial charge in [-0.1, -0.05) is 46.3 Å². The highest BCUT2D eigenvalue weighted by Crippen LogP contribution is 2.37. The van der Waals surface area contributed by atoms with E-state index in [1.54, 1.807) is 24.3 Å². The first-order valence-electron chi connectivity index (χ1n) is 6.34. The number of hydrogen-bond donors (Lipinski definition) is 1. The molecule has 112 valence electrons. The van der Waals surface area contributed by atoms with E-state index in [2.05, 4.69) is 15.9 Å². The lowest BCUT2D eigenvalue weighted by molar-refractivity contribution is -0.140. The van der Waals surface area contributed by atoms with Gasteiger partial charge in [-0.15, -0.1) is 0 Å². The molecule has 2 aromatic rings. The Balaban J connectivity index is 2.38. The fraction of sp³-hybridized carbons (Fsp3) is 0.250. The maximum absolute atomic E-state index is 13.1. The van der Waals surface area contributed by atoms with Gasteiger partial charge in [-0.05, 0) is 36.2 Å². The van der Waals surface area contributed by atoms with E-state index in [4.69, 9.17) is 0 Å². The Labute approximate surface area is 129 Å². The third-order valence-corrected chi connectivity index (χ3v) is 3.80. The second-order valence-electron chi connectivity index (χ2n) is 5.12. The van der Waals surface area contributed by atoms with Crippen molar-refractivity contribution in [2.24, 2.45) is 0 Å². The van der Waals surface area contributed by atoms with E-state index in [9.17, 15) is 18.3 Å². The zero-order valence-corrected chi connectivity index (χ0v) is 12.9. The van der Waals surface area contributed by atoms with Crippen LogP contribution in [0.25, 0.3) is 0 Å². The molecular formula is C16H14BrF3O. The molecule has 0 fully saturated rings. The smallest absolute Gasteiger partial charge is 0.385 e. The number of rotatable bonds is 3. The van der Waals surface area contributed by atoms with Crippen LogP contribution in [-0.2, 0) is 18.2 Å². The van der Waals surface area contributed by atoms with E-state index in [0.29, 0.717) is 0 Å². The standard InChI is InChI=1S/C16H14BrF3O/c1-15(21,10-11-6-8-12(17)9-7-11)13-4-2-3-5-14(13)16(18,19)20/h2-9,21H,10H2,1H3. The molecule has 2 aromatic carbocycles. The van der Waals surface area contributed by atoms with Crippen molar-refractivity contribution in [2.45, 2.75) is 25.1 Å². The third-order valence-electron chi connectivity index (χ3n) is 3.27. The Morgan fingerprint density at radius 2 is 1.48 bits per heavy atom. The number of alkyl halides is 3. The highest BCUT2D eigenvalue weighted by Gasteiger charge is 2.38. The average molecular weight is 359 g/mol. The summed E-state index contributed by atoms with van der Waals surface area (Å²) in [5.41, 5.74) is -1.74. The Morgan fingerprint density at radius 1 is 0.952 bits per heavy atom. The molecule has 0 aliphatic heterocycles. The van der Waals surface area contributed by atoms with E-state index in [1.165, 1.54) is 25.1 Å². The SMILES string of the molecule is CC(O)(Cc1ccc(Br)cc1)c1ccccc1C(F)(F)F. The van der Waals surface area contributed by atoms with Gasteiger partial charge < -0.3 is 5.11 Å². The number of benzene rings is 2. The van der Waals surface area contributed by atoms with Crippen molar-refractivity contribution in [3.05, 3.63) is 69.7 Å². The highest BCUT2D eigenvalue weighted by molar-refractivity contribution is 9.10. The van der Waals surface area contributed by atoms with Gasteiger partial charge in [-0.3, -0.25) is 0 Å². The zero-order chi connectivity index (χ0) is 15.7. The first-order valence-corrected chi connectivity index (χ1v) is 7.13. The van der Waals surface area contributed by atoms with Crippen LogP contribution < -0.4 is 0 Å². The molecule has 1 unspecified atom stereocenters. The number of aliphatic hydroxyl groups is 1. The Hall–Kier alpha value is -1.33. The Morgan fingerprint density at radius 3 is 2.00 bits per heavy atom. The molecular weight excluding hydrogens is 345 g/mol. The molecule has 0 aliphatic carbocycles. The van der Waals surface area contributed by atoms with Crippen LogP contribution in [0.1, 0.15) is 23.6 Å². The van der Waals surface area contributed by atoms with Crippen molar-refractivity contribution >= 4 is 15.9 Å². The number of hydrogen-bond acceptors (Lipinski definition) is 1. The second kappa shape index (κ2) is 5.81. The lowest BCUT2D eigenvalue weighted by Crippen LogP contribution is -2.28. The fourth-order valence-corrected chi connectivity index (χ4v) is 2.56. The Bertz CT molecular complexity index is 618. The average Bonchev–Trinajstić information content (AvgIpc) is 2.40. The van der Waals surface area contributed by atoms with E-state index >= 15 is 0 Å². The van der Waals surface area contributed by atoms with Gasteiger partial charge in [0.25, 0.3) is 0 Å². The molecule has 0 bridgehead atoms. The van der Waals surface area contributed by atoms with Crippen LogP contribution in [0.15, 0.2) is 53.0 Å². The van der Waals surface area contributed by atoms with Crippen LogP contribution >= 0.6 is 15.9 Å². The summed E-state index contributed by atoms with van der Waals surface area (Å²) in [5, 5.41) is 10.5. The van der Waals surface area contributed by atoms with Gasteiger partial charge in [0, 0.05) is 10.9 Å². The minimum Gasteiger partial charge on any atom is -0.385 e. The van der Waals surface area contributed by atoms with Crippen molar-refractivity contribution in [2.75, 3.05) is 0 Å². The van der Waals surface area contributed by atoms with Crippen molar-refractivity contribution in [1.29, 1.82) is 0 Å². The molecule has 0 heterocycles. The van der Waals surface area contributed by atoms with Crippen LogP contribution in [0.4, 0.5) is 13.2 Å². The maximum atomic E-state index is 13.1. The van der Waals surface area contributed by atoms with Gasteiger partial charge in [0.15, 0.2) is 0 Å². The van der Waals surface area contributed by atoms with Crippen molar-refractivity contribution < 1.29 is 18.3 Å². The van der Waals surface area contributed by atoms with E-state index in [1.807, 2.05) is 0 Å². The summed E-state index contributed by atoms with van der Waals surface area (Å²) in [6.45, 7) is 1.40. The minimum atomic E-state index is -4.49. The quantitative estimate of drug-likeness (QED) is 0.825. The van der Waals surface area contributed by atoms with Gasteiger partial charge in [0.2, 0.25) is 0 Å². The van der Waals surface area contributed by atoms with Crippen molar-refractivity contribution in [3.8, 4) is 0 Å². The molecule has 5 heteroatoms. The van der Waals surface area contributed by atoms with Crippen LogP contribution in [-0.4, -0.2) is 5.11 Å². The van der Waals surface area contributed by atoms with Gasteiger partial charge in [0.05, 0.1) is 11.2 Å². The van der Waals surface area contributed by atoms with Gasteiger partial charge >= 0.3 is 6.18 Å². The summed E-state index contributed by atoms with van der Waals surface area (Å²) in [5.74, 6) is 0. The summed E-state index contributed by atoms with van der Waals surface area (Å²) >= 11 is 3.30. The Kier molecular flexibility index (Phi) is 4.44. The molecule has 0 radical (unpaired) electrons. The minimum absolute atomic E-state index is 0.105. The van der Waals surface area contributed by atoms with Crippen LogP contribution in [0.2, 0.25) is 0 Å². The van der Waals surface area contributed by atoms with Crippen LogP contribution in [0.3, 0.4) is 0 Å². The second-order valence-corrected chi connectivity index (χ2v) is 6.04. The molecule has 0 amide bonds. The predicted octanol–water partition coefficient (Wildman–Crippen LogP) is 4.92. The number of halogens is 4. The van der Waals surface area contributed by atoms with Crippen molar-refractivity contribution in [3.63, 3.8) is 0 Å². The largest absolute Gasteiger partial charge is 0.416 e. The van der Waals surface area contributed by atoms with Crippen LogP contribution in [0.5, 0.6) is 0 Å². The van der Waals surface area contributed by atoms with Gasteiger partial charge in [-0.25, -0.2) is 0 Å². The monoisotopic (exact) mass is 358 g/mol. The molecule has 0 aliphatic rings. The third kappa shape index (κ3) is 3.86. The van der Waals surface area contributed by atoms with Crippen LogP contribution in [0, 0.1) is 0 Å². The van der Waals surface area contributed by atoms with E-state index in [-0.39, 0.29) is 12.0 Å². The van der Waals surface area contributed by atoms with E-state index in [0.717, 1.165) is 16.1 Å². The predicted molar refractivity (Wildman–Crippen MR) is 78.9 cm³/mol. The zero-order valence-electron chi connectivity index (χ0n) is 11.3. The summed E-state index contributed by atoms with van der Waals surface area (Å²) in [7, 11) is 0. The molecule has 1 nitrogen and oxygen atoms in total. The fourth-order valence-electron chi connectivity index (χ4n) is 2.29. The molecule has 1 N–H and O–H groups in total. The van der Waals surface area contributed by atoms with Gasteiger partial charge in [0.1, 0.15) is 0 Å². The lowest BCUT2D eigenvalue weighted by atomic mass is 9.86. The normalized spacial score (nSPS) is 14.8. The molecule has 0 spiro atoms. The van der Waals surface area contributed by atoms with Crippen molar-refractivity contribution in [1.82, 2.24) is 0 Å². The topological polar surface area (TPSA) is 20.2 Å². The maximum Gasteiger partial charge on any atom is 0.416 e. The molecule has 1 atom stereocenters.